The summed E-state index contributed by atoms with van der Waals surface area (Å²) >= 11 is 5.60. The summed E-state index contributed by atoms with van der Waals surface area (Å²) in [5.74, 6) is -0.372. The lowest BCUT2D eigenvalue weighted by molar-refractivity contribution is 0.596. The van der Waals surface area contributed by atoms with Crippen LogP contribution in [0.1, 0.15) is 5.56 Å². The molecular formula is C10H13ClFNO2S. The van der Waals surface area contributed by atoms with Crippen molar-refractivity contribution in [3.63, 3.8) is 0 Å². The van der Waals surface area contributed by atoms with E-state index >= 15 is 0 Å². The normalized spacial score (nSPS) is 11.7. The average molecular weight is 266 g/mol. The summed E-state index contributed by atoms with van der Waals surface area (Å²) in [6.07, 6.45) is 1.18. The summed E-state index contributed by atoms with van der Waals surface area (Å²) in [7, 11) is -2.94. The zero-order chi connectivity index (χ0) is 12.2. The zero-order valence-corrected chi connectivity index (χ0v) is 10.4. The maximum Gasteiger partial charge on any atom is 0.148 e. The quantitative estimate of drug-likeness (QED) is 0.823. The first-order valence-electron chi connectivity index (χ1n) is 4.71. The van der Waals surface area contributed by atoms with Gasteiger partial charge in [0, 0.05) is 19.3 Å². The Bertz CT molecular complexity index is 462. The number of sulfone groups is 1. The van der Waals surface area contributed by atoms with Crippen LogP contribution in [0.15, 0.2) is 18.2 Å². The molecule has 0 saturated carbocycles. The maximum absolute atomic E-state index is 12.8. The fourth-order valence-corrected chi connectivity index (χ4v) is 1.86. The third kappa shape index (κ3) is 4.92. The van der Waals surface area contributed by atoms with E-state index in [-0.39, 0.29) is 10.8 Å². The van der Waals surface area contributed by atoms with E-state index in [1.54, 1.807) is 6.07 Å². The summed E-state index contributed by atoms with van der Waals surface area (Å²) in [6.45, 7) is 0.837. The van der Waals surface area contributed by atoms with Crippen LogP contribution in [-0.2, 0) is 16.4 Å². The Morgan fingerprint density at radius 2 is 2.12 bits per heavy atom. The molecule has 1 rings (SSSR count). The first-order chi connectivity index (χ1) is 7.38. The molecule has 1 N–H and O–H groups in total. The zero-order valence-electron chi connectivity index (χ0n) is 8.83. The van der Waals surface area contributed by atoms with Crippen molar-refractivity contribution in [2.24, 2.45) is 0 Å². The van der Waals surface area contributed by atoms with E-state index < -0.39 is 15.7 Å². The Hall–Kier alpha value is -0.650. The molecule has 1 aromatic carbocycles. The summed E-state index contributed by atoms with van der Waals surface area (Å²) in [4.78, 5) is 0. The first-order valence-corrected chi connectivity index (χ1v) is 7.15. The molecule has 16 heavy (non-hydrogen) atoms. The molecule has 0 atom stereocenters. The van der Waals surface area contributed by atoms with Gasteiger partial charge in [0.25, 0.3) is 0 Å². The Labute approximate surface area is 99.5 Å². The predicted molar refractivity (Wildman–Crippen MR) is 62.8 cm³/mol. The maximum atomic E-state index is 12.8. The SMILES string of the molecule is CS(=O)(=O)CCNCc1ccc(F)c(Cl)c1. The Balaban J connectivity index is 2.41. The highest BCUT2D eigenvalue weighted by molar-refractivity contribution is 7.90. The lowest BCUT2D eigenvalue weighted by Gasteiger charge is -2.04. The van der Waals surface area contributed by atoms with Gasteiger partial charge in [0.15, 0.2) is 0 Å². The number of nitrogens with one attached hydrogen (secondary N) is 1. The Morgan fingerprint density at radius 3 is 2.69 bits per heavy atom. The molecule has 0 unspecified atom stereocenters. The van der Waals surface area contributed by atoms with Crippen molar-refractivity contribution in [1.82, 2.24) is 5.32 Å². The van der Waals surface area contributed by atoms with Crippen LogP contribution in [0.2, 0.25) is 5.02 Å². The van der Waals surface area contributed by atoms with Crippen molar-refractivity contribution >= 4 is 21.4 Å². The summed E-state index contributed by atoms with van der Waals surface area (Å²) in [6, 6.07) is 4.41. The van der Waals surface area contributed by atoms with Gasteiger partial charge in [-0.2, -0.15) is 0 Å². The molecule has 0 saturated heterocycles. The third-order valence-electron chi connectivity index (χ3n) is 1.96. The molecule has 0 heterocycles. The molecule has 0 amide bonds. The summed E-state index contributed by atoms with van der Waals surface area (Å²) < 4.78 is 34.5. The summed E-state index contributed by atoms with van der Waals surface area (Å²) in [5.41, 5.74) is 0.819. The molecular weight excluding hydrogens is 253 g/mol. The number of rotatable bonds is 5. The highest BCUT2D eigenvalue weighted by Crippen LogP contribution is 2.15. The monoisotopic (exact) mass is 265 g/mol. The minimum absolute atomic E-state index is 0.0717. The van der Waals surface area contributed by atoms with E-state index in [4.69, 9.17) is 11.6 Å². The number of hydrogen-bond acceptors (Lipinski definition) is 3. The second-order valence-corrected chi connectivity index (χ2v) is 6.22. The van der Waals surface area contributed by atoms with Crippen LogP contribution in [0.25, 0.3) is 0 Å². The van der Waals surface area contributed by atoms with Crippen molar-refractivity contribution < 1.29 is 12.8 Å². The highest BCUT2D eigenvalue weighted by atomic mass is 35.5. The van der Waals surface area contributed by atoms with Crippen LogP contribution < -0.4 is 5.32 Å². The molecule has 0 aromatic heterocycles. The first kappa shape index (κ1) is 13.4. The van der Waals surface area contributed by atoms with Crippen molar-refractivity contribution in [1.29, 1.82) is 0 Å². The Morgan fingerprint density at radius 1 is 1.44 bits per heavy atom. The van der Waals surface area contributed by atoms with Gasteiger partial charge in [0.1, 0.15) is 15.7 Å². The molecule has 0 fully saturated rings. The van der Waals surface area contributed by atoms with Gasteiger partial charge in [-0.3, -0.25) is 0 Å². The van der Waals surface area contributed by atoms with E-state index in [1.807, 2.05) is 0 Å². The molecule has 6 heteroatoms. The molecule has 90 valence electrons. The Kier molecular flexibility index (Phi) is 4.70. The molecule has 0 radical (unpaired) electrons. The highest BCUT2D eigenvalue weighted by Gasteiger charge is 2.02. The second kappa shape index (κ2) is 5.61. The van der Waals surface area contributed by atoms with Crippen molar-refractivity contribution in [2.75, 3.05) is 18.6 Å². The van der Waals surface area contributed by atoms with Gasteiger partial charge in [-0.15, -0.1) is 0 Å². The predicted octanol–water partition coefficient (Wildman–Crippen LogP) is 1.61. The van der Waals surface area contributed by atoms with E-state index in [1.165, 1.54) is 18.4 Å². The van der Waals surface area contributed by atoms with Crippen LogP contribution in [-0.4, -0.2) is 27.0 Å². The minimum atomic E-state index is -2.94. The van der Waals surface area contributed by atoms with Crippen LogP contribution in [0.3, 0.4) is 0 Å². The fraction of sp³-hybridized carbons (Fsp3) is 0.400. The number of hydrogen-bond donors (Lipinski definition) is 1. The van der Waals surface area contributed by atoms with Gasteiger partial charge in [0.05, 0.1) is 10.8 Å². The van der Waals surface area contributed by atoms with Gasteiger partial charge in [0.2, 0.25) is 0 Å². The van der Waals surface area contributed by atoms with Crippen molar-refractivity contribution in [3.8, 4) is 0 Å². The molecule has 0 aliphatic heterocycles. The van der Waals surface area contributed by atoms with Gasteiger partial charge in [-0.05, 0) is 17.7 Å². The number of halogens is 2. The minimum Gasteiger partial charge on any atom is -0.312 e. The van der Waals surface area contributed by atoms with Crippen molar-refractivity contribution in [3.05, 3.63) is 34.6 Å². The van der Waals surface area contributed by atoms with Crippen LogP contribution in [0.5, 0.6) is 0 Å². The average Bonchev–Trinajstić information content (AvgIpc) is 2.17. The van der Waals surface area contributed by atoms with Crippen LogP contribution >= 0.6 is 11.6 Å². The molecule has 0 bridgehead atoms. The lowest BCUT2D eigenvalue weighted by Crippen LogP contribution is -2.21. The fourth-order valence-electron chi connectivity index (χ4n) is 1.14. The molecule has 3 nitrogen and oxygen atoms in total. The standard InChI is InChI=1S/C10H13ClFNO2S/c1-16(14,15)5-4-13-7-8-2-3-10(12)9(11)6-8/h2-3,6,13H,4-5,7H2,1H3. The molecule has 0 aliphatic rings. The smallest absolute Gasteiger partial charge is 0.148 e. The van der Waals surface area contributed by atoms with Gasteiger partial charge < -0.3 is 5.32 Å². The largest absolute Gasteiger partial charge is 0.312 e. The van der Waals surface area contributed by atoms with Crippen LogP contribution in [0.4, 0.5) is 4.39 Å². The number of benzene rings is 1. The van der Waals surface area contributed by atoms with Crippen LogP contribution in [0, 0.1) is 5.82 Å². The summed E-state index contributed by atoms with van der Waals surface area (Å²) in [5, 5.41) is 3.02. The third-order valence-corrected chi connectivity index (χ3v) is 3.20. The second-order valence-electron chi connectivity index (χ2n) is 3.56. The van der Waals surface area contributed by atoms with Crippen molar-refractivity contribution in [2.45, 2.75) is 6.54 Å². The molecule has 1 aromatic rings. The molecule has 0 spiro atoms. The van der Waals surface area contributed by atoms with E-state index in [0.29, 0.717) is 13.1 Å². The van der Waals surface area contributed by atoms with E-state index in [2.05, 4.69) is 5.32 Å². The van der Waals surface area contributed by atoms with Gasteiger partial charge in [-0.1, -0.05) is 17.7 Å². The molecule has 0 aliphatic carbocycles. The van der Waals surface area contributed by atoms with E-state index in [0.717, 1.165) is 5.56 Å². The topological polar surface area (TPSA) is 46.2 Å². The van der Waals surface area contributed by atoms with Gasteiger partial charge >= 0.3 is 0 Å². The lowest BCUT2D eigenvalue weighted by atomic mass is 10.2. The van der Waals surface area contributed by atoms with E-state index in [9.17, 15) is 12.8 Å². The van der Waals surface area contributed by atoms with Gasteiger partial charge in [-0.25, -0.2) is 12.8 Å².